The fourth-order valence-electron chi connectivity index (χ4n) is 1.98. The molecule has 0 saturated heterocycles. The van der Waals surface area contributed by atoms with Crippen LogP contribution in [-0.2, 0) is 0 Å². The van der Waals surface area contributed by atoms with E-state index in [0.717, 1.165) is 12.1 Å². The molecular weight excluding hydrogens is 329 g/mol. The van der Waals surface area contributed by atoms with Crippen molar-refractivity contribution in [1.82, 2.24) is 0 Å². The number of nitrogens with one attached hydrogen (secondary N) is 1. The van der Waals surface area contributed by atoms with Gasteiger partial charge in [0.15, 0.2) is 5.75 Å². The fraction of sp³-hybridized carbons (Fsp3) is 0.133. The summed E-state index contributed by atoms with van der Waals surface area (Å²) in [5.41, 5.74) is -0.00410. The Labute approximate surface area is 134 Å². The first-order valence-corrected chi connectivity index (χ1v) is 6.58. The number of carbonyl (C=O) groups excluding carboxylic acids is 1. The number of nitrogens with zero attached hydrogens (tertiary/aromatic N) is 1. The van der Waals surface area contributed by atoms with Crippen LogP contribution in [0.3, 0.4) is 0 Å². The normalized spacial score (nSPS) is 11.0. The van der Waals surface area contributed by atoms with Crippen LogP contribution in [0.5, 0.6) is 5.75 Å². The van der Waals surface area contributed by atoms with E-state index in [9.17, 15) is 28.1 Å². The summed E-state index contributed by atoms with van der Waals surface area (Å²) in [4.78, 5) is 22.3. The summed E-state index contributed by atoms with van der Waals surface area (Å²) < 4.78 is 40.9. The predicted molar refractivity (Wildman–Crippen MR) is 78.9 cm³/mol. The molecule has 0 radical (unpaired) electrons. The van der Waals surface area contributed by atoms with Gasteiger partial charge >= 0.3 is 6.36 Å². The van der Waals surface area contributed by atoms with E-state index in [1.807, 2.05) is 0 Å². The lowest BCUT2D eigenvalue weighted by atomic mass is 10.1. The van der Waals surface area contributed by atoms with Crippen molar-refractivity contribution in [3.05, 3.63) is 63.7 Å². The van der Waals surface area contributed by atoms with Crippen molar-refractivity contribution in [2.75, 3.05) is 5.32 Å². The van der Waals surface area contributed by atoms with Crippen molar-refractivity contribution in [3.63, 3.8) is 0 Å². The van der Waals surface area contributed by atoms with Crippen LogP contribution in [-0.4, -0.2) is 17.2 Å². The summed E-state index contributed by atoms with van der Waals surface area (Å²) in [6.45, 7) is 1.45. The van der Waals surface area contributed by atoms with Gasteiger partial charge in [-0.2, -0.15) is 0 Å². The third-order valence-electron chi connectivity index (χ3n) is 3.02. The zero-order valence-corrected chi connectivity index (χ0v) is 12.3. The van der Waals surface area contributed by atoms with Gasteiger partial charge in [0.25, 0.3) is 11.6 Å². The van der Waals surface area contributed by atoms with Crippen molar-refractivity contribution in [3.8, 4) is 5.75 Å². The van der Waals surface area contributed by atoms with Crippen LogP contribution in [0.15, 0.2) is 42.5 Å². The van der Waals surface area contributed by atoms with Crippen molar-refractivity contribution < 1.29 is 27.6 Å². The number of ether oxygens (including phenoxy) is 1. The molecule has 6 nitrogen and oxygen atoms in total. The van der Waals surface area contributed by atoms with E-state index in [-0.39, 0.29) is 22.5 Å². The van der Waals surface area contributed by atoms with E-state index >= 15 is 0 Å². The average molecular weight is 340 g/mol. The Bertz CT molecular complexity index is 791. The monoisotopic (exact) mass is 340 g/mol. The molecule has 0 aliphatic heterocycles. The van der Waals surface area contributed by atoms with Gasteiger partial charge in [0.1, 0.15) is 0 Å². The van der Waals surface area contributed by atoms with E-state index in [4.69, 9.17) is 0 Å². The standard InChI is InChI=1S/C15H11F3N2O4/c1-9-8-10(6-7-12(9)20(22)23)14(21)19-11-4-2-3-5-13(11)24-15(16,17)18/h2-8H,1H3,(H,19,21). The number of aryl methyl sites for hydroxylation is 1. The first-order chi connectivity index (χ1) is 11.2. The summed E-state index contributed by atoms with van der Waals surface area (Å²) in [5, 5.41) is 13.0. The third-order valence-corrected chi connectivity index (χ3v) is 3.02. The van der Waals surface area contributed by atoms with Crippen LogP contribution in [0.4, 0.5) is 24.5 Å². The predicted octanol–water partition coefficient (Wildman–Crippen LogP) is 4.05. The van der Waals surface area contributed by atoms with Crippen LogP contribution in [0.25, 0.3) is 0 Å². The molecule has 0 heterocycles. The largest absolute Gasteiger partial charge is 0.573 e. The number of halogens is 3. The molecular formula is C15H11F3N2O4. The highest BCUT2D eigenvalue weighted by Gasteiger charge is 2.32. The Kier molecular flexibility index (Phi) is 4.72. The highest BCUT2D eigenvalue weighted by atomic mass is 19.4. The number of carbonyl (C=O) groups is 1. The second-order valence-electron chi connectivity index (χ2n) is 4.76. The highest BCUT2D eigenvalue weighted by Crippen LogP contribution is 2.30. The van der Waals surface area contributed by atoms with Gasteiger partial charge in [-0.15, -0.1) is 13.2 Å². The number of alkyl halides is 3. The SMILES string of the molecule is Cc1cc(C(=O)Nc2ccccc2OC(F)(F)F)ccc1[N+](=O)[O-]. The first-order valence-electron chi connectivity index (χ1n) is 6.58. The van der Waals surface area contributed by atoms with Crippen molar-refractivity contribution in [2.45, 2.75) is 13.3 Å². The molecule has 0 saturated carbocycles. The Balaban J connectivity index is 2.24. The van der Waals surface area contributed by atoms with Gasteiger partial charge in [-0.05, 0) is 31.2 Å². The maximum absolute atomic E-state index is 12.4. The summed E-state index contributed by atoms with van der Waals surface area (Å²) in [6.07, 6.45) is -4.90. The van der Waals surface area contributed by atoms with E-state index < -0.39 is 22.9 Å². The Morgan fingerprint density at radius 3 is 2.46 bits per heavy atom. The summed E-state index contributed by atoms with van der Waals surface area (Å²) in [5.74, 6) is -1.27. The van der Waals surface area contributed by atoms with Gasteiger partial charge in [-0.25, -0.2) is 0 Å². The molecule has 0 spiro atoms. The van der Waals surface area contributed by atoms with Crippen molar-refractivity contribution in [1.29, 1.82) is 0 Å². The molecule has 2 rings (SSSR count). The van der Waals surface area contributed by atoms with Crippen molar-refractivity contribution >= 4 is 17.3 Å². The molecule has 2 aromatic carbocycles. The lowest BCUT2D eigenvalue weighted by Crippen LogP contribution is -2.19. The van der Waals surface area contributed by atoms with Gasteiger partial charge < -0.3 is 10.1 Å². The Hall–Kier alpha value is -3.10. The minimum atomic E-state index is -4.90. The maximum atomic E-state index is 12.4. The zero-order valence-electron chi connectivity index (χ0n) is 12.3. The number of amides is 1. The lowest BCUT2D eigenvalue weighted by Gasteiger charge is -2.14. The molecule has 2 aromatic rings. The number of nitro benzene ring substituents is 1. The molecule has 1 amide bonds. The topological polar surface area (TPSA) is 81.5 Å². The van der Waals surface area contributed by atoms with Gasteiger partial charge in [0.2, 0.25) is 0 Å². The first kappa shape index (κ1) is 17.3. The number of hydrogen-bond donors (Lipinski definition) is 1. The van der Waals surface area contributed by atoms with Gasteiger partial charge in [0.05, 0.1) is 10.6 Å². The number of rotatable bonds is 4. The van der Waals surface area contributed by atoms with Crippen LogP contribution in [0.1, 0.15) is 15.9 Å². The Morgan fingerprint density at radius 2 is 1.88 bits per heavy atom. The number of nitro groups is 1. The molecule has 0 fully saturated rings. The lowest BCUT2D eigenvalue weighted by molar-refractivity contribution is -0.385. The minimum Gasteiger partial charge on any atom is -0.404 e. The zero-order chi connectivity index (χ0) is 17.9. The minimum absolute atomic E-state index is 0.0694. The molecule has 126 valence electrons. The smallest absolute Gasteiger partial charge is 0.404 e. The molecule has 1 N–H and O–H groups in total. The molecule has 0 aliphatic carbocycles. The van der Waals surface area contributed by atoms with E-state index in [1.165, 1.54) is 37.3 Å². The summed E-state index contributed by atoms with van der Waals surface area (Å²) in [7, 11) is 0. The van der Waals surface area contributed by atoms with E-state index in [1.54, 1.807) is 0 Å². The van der Waals surface area contributed by atoms with Gasteiger partial charge in [0, 0.05) is 17.2 Å². The maximum Gasteiger partial charge on any atom is 0.573 e. The number of hydrogen-bond acceptors (Lipinski definition) is 4. The van der Waals surface area contributed by atoms with Crippen molar-refractivity contribution in [2.24, 2.45) is 0 Å². The number of anilines is 1. The quantitative estimate of drug-likeness (QED) is 0.672. The van der Waals surface area contributed by atoms with Crippen LogP contribution >= 0.6 is 0 Å². The van der Waals surface area contributed by atoms with Gasteiger partial charge in [-0.3, -0.25) is 14.9 Å². The molecule has 0 atom stereocenters. The summed E-state index contributed by atoms with van der Waals surface area (Å²) >= 11 is 0. The Morgan fingerprint density at radius 1 is 1.21 bits per heavy atom. The van der Waals surface area contributed by atoms with Gasteiger partial charge in [-0.1, -0.05) is 12.1 Å². The van der Waals surface area contributed by atoms with Crippen LogP contribution in [0.2, 0.25) is 0 Å². The molecule has 0 bridgehead atoms. The van der Waals surface area contributed by atoms with Crippen LogP contribution < -0.4 is 10.1 Å². The molecule has 9 heteroatoms. The second kappa shape index (κ2) is 6.57. The molecule has 24 heavy (non-hydrogen) atoms. The average Bonchev–Trinajstić information content (AvgIpc) is 2.47. The number of para-hydroxylation sites is 2. The fourth-order valence-corrected chi connectivity index (χ4v) is 1.98. The van der Waals surface area contributed by atoms with E-state index in [2.05, 4.69) is 10.1 Å². The summed E-state index contributed by atoms with van der Waals surface area (Å²) in [6, 6.07) is 8.71. The number of benzene rings is 2. The highest BCUT2D eigenvalue weighted by molar-refractivity contribution is 6.05. The van der Waals surface area contributed by atoms with E-state index in [0.29, 0.717) is 0 Å². The molecule has 0 unspecified atom stereocenters. The van der Waals surface area contributed by atoms with Crippen LogP contribution in [0, 0.1) is 17.0 Å². The molecule has 0 aromatic heterocycles. The molecule has 0 aliphatic rings. The third kappa shape index (κ3) is 4.22. The second-order valence-corrected chi connectivity index (χ2v) is 4.76.